The Labute approximate surface area is 248 Å². The van der Waals surface area contributed by atoms with Crippen molar-refractivity contribution in [1.29, 1.82) is 0 Å². The van der Waals surface area contributed by atoms with Gasteiger partial charge in [-0.25, -0.2) is 0 Å². The second-order valence-corrected chi connectivity index (χ2v) is 10.5. The van der Waals surface area contributed by atoms with Crippen LogP contribution in [0.15, 0.2) is 70.0 Å². The van der Waals surface area contributed by atoms with Crippen LogP contribution in [0.3, 0.4) is 0 Å². The number of non-ortho nitro benzene ring substituents is 1. The molecule has 1 aliphatic rings. The van der Waals surface area contributed by atoms with Gasteiger partial charge < -0.3 is 14.8 Å². The number of alkyl halides is 3. The lowest BCUT2D eigenvalue weighted by atomic mass is 10.1. The van der Waals surface area contributed by atoms with Gasteiger partial charge in [-0.05, 0) is 71.4 Å². The minimum atomic E-state index is -4.60. The summed E-state index contributed by atoms with van der Waals surface area (Å²) in [5.41, 5.74) is -0.0197. The Morgan fingerprint density at radius 2 is 1.83 bits per heavy atom. The van der Waals surface area contributed by atoms with Crippen molar-refractivity contribution in [1.82, 2.24) is 4.90 Å². The number of rotatable bonds is 9. The third-order valence-corrected chi connectivity index (χ3v) is 7.35. The largest absolute Gasteiger partial charge is 0.493 e. The molecular weight excluding hydrogens is 647 g/mol. The number of anilines is 1. The maximum atomic E-state index is 12.9. The second-order valence-electron chi connectivity index (χ2n) is 8.63. The number of carbonyl (C=O) groups excluding carboxylic acids is 3. The van der Waals surface area contributed by atoms with Crippen LogP contribution in [-0.2, 0) is 22.4 Å². The predicted molar refractivity (Wildman–Crippen MR) is 151 cm³/mol. The van der Waals surface area contributed by atoms with Gasteiger partial charge in [0, 0.05) is 22.3 Å². The number of nitrogens with zero attached hydrogens (tertiary/aromatic N) is 2. The SMILES string of the molecule is COc1cc(/C=C2\SC(=O)N(CC(=O)Nc3cccc(C(F)(F)F)c3)C2=O)c(Br)cc1OCc1ccc([N+](=O)[O-])cc1. The van der Waals surface area contributed by atoms with E-state index in [0.717, 1.165) is 18.2 Å². The van der Waals surface area contributed by atoms with Crippen molar-refractivity contribution in [2.75, 3.05) is 19.0 Å². The number of thioether (sulfide) groups is 1. The minimum Gasteiger partial charge on any atom is -0.493 e. The van der Waals surface area contributed by atoms with Crippen LogP contribution in [0, 0.1) is 10.1 Å². The third-order valence-electron chi connectivity index (χ3n) is 5.76. The molecule has 4 rings (SSSR count). The van der Waals surface area contributed by atoms with Gasteiger partial charge in [0.25, 0.3) is 16.8 Å². The molecule has 15 heteroatoms. The van der Waals surface area contributed by atoms with Crippen molar-refractivity contribution in [2.45, 2.75) is 12.8 Å². The van der Waals surface area contributed by atoms with Gasteiger partial charge in [0.2, 0.25) is 5.91 Å². The number of benzene rings is 3. The Morgan fingerprint density at radius 1 is 1.12 bits per heavy atom. The van der Waals surface area contributed by atoms with Crippen LogP contribution in [-0.4, -0.2) is 40.5 Å². The Hall–Kier alpha value is -4.37. The van der Waals surface area contributed by atoms with Crippen molar-refractivity contribution in [2.24, 2.45) is 0 Å². The first-order valence-corrected chi connectivity index (χ1v) is 13.4. The van der Waals surface area contributed by atoms with Crippen molar-refractivity contribution in [3.05, 3.63) is 96.8 Å². The Bertz CT molecular complexity index is 1600. The van der Waals surface area contributed by atoms with Crippen LogP contribution in [0.1, 0.15) is 16.7 Å². The van der Waals surface area contributed by atoms with Crippen molar-refractivity contribution < 1.29 is 42.0 Å². The summed E-state index contributed by atoms with van der Waals surface area (Å²) in [7, 11) is 1.41. The van der Waals surface area contributed by atoms with Gasteiger partial charge in [0.05, 0.1) is 22.5 Å². The van der Waals surface area contributed by atoms with E-state index in [1.807, 2.05) is 0 Å². The number of amides is 3. The average molecular weight is 666 g/mol. The average Bonchev–Trinajstić information content (AvgIpc) is 3.20. The molecule has 1 aliphatic heterocycles. The summed E-state index contributed by atoms with van der Waals surface area (Å²) in [4.78, 5) is 48.9. The quantitative estimate of drug-likeness (QED) is 0.153. The van der Waals surface area contributed by atoms with Crippen LogP contribution < -0.4 is 14.8 Å². The van der Waals surface area contributed by atoms with E-state index in [4.69, 9.17) is 9.47 Å². The standard InChI is InChI=1S/C27H19BrF3N3O7S/c1-40-21-9-16(20(28)12-22(21)41-14-15-5-7-19(8-6-15)34(38)39)10-23-25(36)33(26(37)42-23)13-24(35)32-18-4-2-3-17(11-18)27(29,30)31/h2-12H,13-14H2,1H3,(H,32,35)/b23-10-. The smallest absolute Gasteiger partial charge is 0.416 e. The molecule has 0 spiro atoms. The molecule has 3 aromatic carbocycles. The lowest BCUT2D eigenvalue weighted by molar-refractivity contribution is -0.384. The molecule has 0 aliphatic carbocycles. The number of methoxy groups -OCH3 is 1. The molecule has 218 valence electrons. The number of halogens is 4. The highest BCUT2D eigenvalue weighted by molar-refractivity contribution is 9.10. The highest BCUT2D eigenvalue weighted by Gasteiger charge is 2.37. The third kappa shape index (κ3) is 7.28. The Morgan fingerprint density at radius 3 is 2.48 bits per heavy atom. The van der Waals surface area contributed by atoms with E-state index >= 15 is 0 Å². The second kappa shape index (κ2) is 12.7. The number of ether oxygens (including phenoxy) is 2. The van der Waals surface area contributed by atoms with Gasteiger partial charge in [0.15, 0.2) is 11.5 Å². The van der Waals surface area contributed by atoms with Gasteiger partial charge >= 0.3 is 6.18 Å². The number of carbonyl (C=O) groups is 3. The molecule has 1 fully saturated rings. The van der Waals surface area contributed by atoms with Crippen molar-refractivity contribution in [3.63, 3.8) is 0 Å². The lowest BCUT2D eigenvalue weighted by Gasteiger charge is -2.14. The molecule has 1 heterocycles. The normalized spacial score (nSPS) is 14.3. The Kier molecular flexibility index (Phi) is 9.21. The van der Waals surface area contributed by atoms with Crippen LogP contribution in [0.5, 0.6) is 11.5 Å². The summed E-state index contributed by atoms with van der Waals surface area (Å²) >= 11 is 4.00. The van der Waals surface area contributed by atoms with E-state index < -0.39 is 40.3 Å². The van der Waals surface area contributed by atoms with E-state index in [-0.39, 0.29) is 22.9 Å². The van der Waals surface area contributed by atoms with Gasteiger partial charge in [-0.15, -0.1) is 0 Å². The number of nitrogens with one attached hydrogen (secondary N) is 1. The molecule has 0 bridgehead atoms. The first kappa shape index (κ1) is 30.6. The molecule has 42 heavy (non-hydrogen) atoms. The van der Waals surface area contributed by atoms with Gasteiger partial charge in [-0.1, -0.05) is 22.0 Å². The first-order chi connectivity index (χ1) is 19.8. The van der Waals surface area contributed by atoms with Crippen LogP contribution in [0.4, 0.5) is 29.3 Å². The number of hydrogen-bond donors (Lipinski definition) is 1. The number of hydrogen-bond acceptors (Lipinski definition) is 8. The molecule has 3 aromatic rings. The highest BCUT2D eigenvalue weighted by Crippen LogP contribution is 2.38. The van der Waals surface area contributed by atoms with E-state index in [1.165, 1.54) is 31.4 Å². The molecule has 0 aromatic heterocycles. The number of imide groups is 1. The summed E-state index contributed by atoms with van der Waals surface area (Å²) in [6.07, 6.45) is -3.19. The summed E-state index contributed by atoms with van der Waals surface area (Å²) < 4.78 is 50.5. The fourth-order valence-electron chi connectivity index (χ4n) is 3.70. The maximum Gasteiger partial charge on any atom is 0.416 e. The summed E-state index contributed by atoms with van der Waals surface area (Å²) in [6, 6.07) is 13.0. The zero-order valence-electron chi connectivity index (χ0n) is 21.4. The number of nitro benzene ring substituents is 1. The summed E-state index contributed by atoms with van der Waals surface area (Å²) in [5, 5.41) is 12.4. The molecule has 0 saturated carbocycles. The van der Waals surface area contributed by atoms with Gasteiger partial charge in [-0.3, -0.25) is 29.4 Å². The Balaban J connectivity index is 1.45. The van der Waals surface area contributed by atoms with Crippen LogP contribution in [0.2, 0.25) is 0 Å². The minimum absolute atomic E-state index is 0.00849. The fourth-order valence-corrected chi connectivity index (χ4v) is 4.97. The molecule has 1 saturated heterocycles. The monoisotopic (exact) mass is 665 g/mol. The topological polar surface area (TPSA) is 128 Å². The van der Waals surface area contributed by atoms with Crippen molar-refractivity contribution >= 4 is 62.2 Å². The van der Waals surface area contributed by atoms with E-state index in [9.17, 15) is 37.7 Å². The molecule has 10 nitrogen and oxygen atoms in total. The summed E-state index contributed by atoms with van der Waals surface area (Å²) in [6.45, 7) is -0.611. The highest BCUT2D eigenvalue weighted by atomic mass is 79.9. The predicted octanol–water partition coefficient (Wildman–Crippen LogP) is 6.64. The van der Waals surface area contributed by atoms with E-state index in [2.05, 4.69) is 21.2 Å². The fraction of sp³-hybridized carbons (Fsp3) is 0.148. The molecule has 1 N–H and O–H groups in total. The van der Waals surface area contributed by atoms with E-state index in [0.29, 0.717) is 43.8 Å². The molecule has 0 unspecified atom stereocenters. The van der Waals surface area contributed by atoms with Crippen LogP contribution >= 0.6 is 27.7 Å². The molecule has 0 atom stereocenters. The first-order valence-electron chi connectivity index (χ1n) is 11.8. The maximum absolute atomic E-state index is 12.9. The molecule has 0 radical (unpaired) electrons. The number of nitro groups is 1. The van der Waals surface area contributed by atoms with Gasteiger partial charge in [-0.2, -0.15) is 13.2 Å². The summed E-state index contributed by atoms with van der Waals surface area (Å²) in [5.74, 6) is -0.978. The molecule has 3 amide bonds. The lowest BCUT2D eigenvalue weighted by Crippen LogP contribution is -2.36. The van der Waals surface area contributed by atoms with Crippen LogP contribution in [0.25, 0.3) is 6.08 Å². The molecular formula is C27H19BrF3N3O7S. The van der Waals surface area contributed by atoms with Gasteiger partial charge in [0.1, 0.15) is 13.2 Å². The zero-order valence-corrected chi connectivity index (χ0v) is 23.8. The van der Waals surface area contributed by atoms with Crippen molar-refractivity contribution in [3.8, 4) is 11.5 Å². The zero-order chi connectivity index (χ0) is 30.6. The van der Waals surface area contributed by atoms with E-state index in [1.54, 1.807) is 24.3 Å².